The number of benzene rings is 10. The van der Waals surface area contributed by atoms with Gasteiger partial charge in [-0.3, -0.25) is 0 Å². The van der Waals surface area contributed by atoms with Gasteiger partial charge in [-0.2, -0.15) is 0 Å². The highest BCUT2D eigenvalue weighted by atomic mass is 16.5. The Balaban J connectivity index is 1.01. The Morgan fingerprint density at radius 2 is 0.966 bits per heavy atom. The SMILES string of the molecule is c1ccc(-c2ccc(-c3ccc(N(c4ccc5c(ccc6ccccc65)c4)c4ccccc4-c4ccc5c(c4)c4cccc6c4n5-c4ccccc4O6)cc3)cc2)cc1. The van der Waals surface area contributed by atoms with Crippen molar-refractivity contribution in [1.82, 2.24) is 4.57 Å². The Kier molecular flexibility index (Phi) is 7.54. The van der Waals surface area contributed by atoms with Crippen LogP contribution in [-0.4, -0.2) is 4.57 Å². The Morgan fingerprint density at radius 1 is 0.356 bits per heavy atom. The molecule has 0 N–H and O–H groups in total. The van der Waals surface area contributed by atoms with Gasteiger partial charge in [-0.05, 0) is 110 Å². The standard InChI is InChI=1S/C56H36N2O/c1-2-11-37(12-3-1)38-21-23-39(24-22-38)40-27-30-44(31-28-40)57(45-32-33-47-42(35-45)26-25-41-13-4-5-14-46(41)47)51-17-7-6-15-48(51)43-29-34-52-50(36-43)49-16-10-20-55-56(49)58(52)53-18-8-9-19-54(53)59-55/h1-36H. The first-order valence-corrected chi connectivity index (χ1v) is 20.2. The Morgan fingerprint density at radius 3 is 1.81 bits per heavy atom. The summed E-state index contributed by atoms with van der Waals surface area (Å²) in [4.78, 5) is 2.41. The molecule has 0 amide bonds. The van der Waals surface area contributed by atoms with Gasteiger partial charge in [-0.1, -0.05) is 158 Å². The van der Waals surface area contributed by atoms with Crippen molar-refractivity contribution < 1.29 is 4.74 Å². The van der Waals surface area contributed by atoms with Gasteiger partial charge < -0.3 is 14.2 Å². The average Bonchev–Trinajstić information content (AvgIpc) is 3.65. The summed E-state index contributed by atoms with van der Waals surface area (Å²) in [5, 5.41) is 7.34. The Bertz CT molecular complexity index is 3400. The summed E-state index contributed by atoms with van der Waals surface area (Å²) >= 11 is 0. The van der Waals surface area contributed by atoms with Gasteiger partial charge >= 0.3 is 0 Å². The summed E-state index contributed by atoms with van der Waals surface area (Å²) in [6, 6.07) is 78.8. The van der Waals surface area contributed by atoms with E-state index >= 15 is 0 Å². The second-order valence-corrected chi connectivity index (χ2v) is 15.3. The molecular formula is C56H36N2O. The summed E-state index contributed by atoms with van der Waals surface area (Å²) < 4.78 is 8.79. The first-order chi connectivity index (χ1) is 29.2. The molecule has 0 saturated carbocycles. The third-order valence-electron chi connectivity index (χ3n) is 12.0. The number of ether oxygens (including phenoxy) is 1. The zero-order chi connectivity index (χ0) is 38.9. The van der Waals surface area contributed by atoms with Crippen molar-refractivity contribution in [3.63, 3.8) is 0 Å². The summed E-state index contributed by atoms with van der Waals surface area (Å²) in [5.74, 6) is 1.75. The van der Waals surface area contributed by atoms with E-state index in [0.717, 1.165) is 56.4 Å². The van der Waals surface area contributed by atoms with Gasteiger partial charge in [0.05, 0.1) is 22.4 Å². The molecule has 0 atom stereocenters. The summed E-state index contributed by atoms with van der Waals surface area (Å²) in [7, 11) is 0. The fraction of sp³-hybridized carbons (Fsp3) is 0. The lowest BCUT2D eigenvalue weighted by atomic mass is 9.98. The molecule has 0 aliphatic carbocycles. The molecule has 276 valence electrons. The minimum Gasteiger partial charge on any atom is -0.453 e. The molecule has 2 heterocycles. The van der Waals surface area contributed by atoms with Crippen LogP contribution in [0.4, 0.5) is 17.1 Å². The molecule has 0 spiro atoms. The smallest absolute Gasteiger partial charge is 0.152 e. The number of rotatable bonds is 6. The van der Waals surface area contributed by atoms with Gasteiger partial charge in [0.2, 0.25) is 0 Å². The maximum atomic E-state index is 6.43. The van der Waals surface area contributed by atoms with Crippen LogP contribution in [0.25, 0.3) is 82.4 Å². The molecule has 59 heavy (non-hydrogen) atoms. The monoisotopic (exact) mass is 752 g/mol. The molecular weight excluding hydrogens is 717 g/mol. The van der Waals surface area contributed by atoms with Gasteiger partial charge in [0.15, 0.2) is 11.5 Å². The number of nitrogens with zero attached hydrogens (tertiary/aromatic N) is 2. The van der Waals surface area contributed by atoms with E-state index in [2.05, 4.69) is 216 Å². The molecule has 0 bridgehead atoms. The number of fused-ring (bicyclic) bond motifs is 8. The fourth-order valence-electron chi connectivity index (χ4n) is 9.15. The van der Waals surface area contributed by atoms with Gasteiger partial charge in [0, 0.05) is 27.7 Å². The lowest BCUT2D eigenvalue weighted by Crippen LogP contribution is -2.11. The van der Waals surface area contributed by atoms with Gasteiger partial charge in [0.25, 0.3) is 0 Å². The molecule has 0 unspecified atom stereocenters. The third kappa shape index (κ3) is 5.44. The first-order valence-electron chi connectivity index (χ1n) is 20.2. The van der Waals surface area contributed by atoms with Crippen LogP contribution >= 0.6 is 0 Å². The van der Waals surface area contributed by atoms with E-state index < -0.39 is 0 Å². The summed E-state index contributed by atoms with van der Waals surface area (Å²) in [5.41, 5.74) is 13.7. The van der Waals surface area contributed by atoms with E-state index in [9.17, 15) is 0 Å². The predicted octanol–water partition coefficient (Wildman–Crippen LogP) is 15.7. The van der Waals surface area contributed by atoms with Crippen LogP contribution in [0, 0.1) is 0 Å². The molecule has 11 aromatic rings. The molecule has 12 rings (SSSR count). The summed E-state index contributed by atoms with van der Waals surface area (Å²) in [6.45, 7) is 0. The van der Waals surface area contributed by atoms with Crippen LogP contribution < -0.4 is 9.64 Å². The number of aromatic nitrogens is 1. The Labute approximate surface area is 342 Å². The molecule has 0 fully saturated rings. The number of para-hydroxylation sites is 4. The second kappa shape index (κ2) is 13.4. The van der Waals surface area contributed by atoms with E-state index in [0.29, 0.717) is 0 Å². The molecule has 0 saturated heterocycles. The zero-order valence-corrected chi connectivity index (χ0v) is 32.1. The largest absolute Gasteiger partial charge is 0.453 e. The van der Waals surface area contributed by atoms with Crippen LogP contribution in [0.3, 0.4) is 0 Å². The molecule has 3 nitrogen and oxygen atoms in total. The van der Waals surface area contributed by atoms with E-state index in [1.54, 1.807) is 0 Å². The van der Waals surface area contributed by atoms with Crippen LogP contribution in [-0.2, 0) is 0 Å². The lowest BCUT2D eigenvalue weighted by Gasteiger charge is -2.28. The second-order valence-electron chi connectivity index (χ2n) is 15.3. The molecule has 1 aliphatic rings. The topological polar surface area (TPSA) is 17.4 Å². The maximum Gasteiger partial charge on any atom is 0.152 e. The van der Waals surface area contributed by atoms with Gasteiger partial charge in [0.1, 0.15) is 0 Å². The number of hydrogen-bond donors (Lipinski definition) is 0. The lowest BCUT2D eigenvalue weighted by molar-refractivity contribution is 0.476. The molecule has 0 radical (unpaired) electrons. The molecule has 1 aromatic heterocycles. The van der Waals surface area contributed by atoms with Crippen LogP contribution in [0.5, 0.6) is 11.5 Å². The van der Waals surface area contributed by atoms with Gasteiger partial charge in [-0.25, -0.2) is 0 Å². The summed E-state index contributed by atoms with van der Waals surface area (Å²) in [6.07, 6.45) is 0. The quantitative estimate of drug-likeness (QED) is 0.157. The maximum absolute atomic E-state index is 6.43. The van der Waals surface area contributed by atoms with Crippen LogP contribution in [0.15, 0.2) is 218 Å². The molecule has 10 aromatic carbocycles. The molecule has 1 aliphatic heterocycles. The van der Waals surface area contributed by atoms with Crippen molar-refractivity contribution >= 4 is 60.4 Å². The zero-order valence-electron chi connectivity index (χ0n) is 32.1. The molecule has 3 heteroatoms. The van der Waals surface area contributed by atoms with Crippen molar-refractivity contribution in [3.8, 4) is 50.6 Å². The predicted molar refractivity (Wildman–Crippen MR) is 247 cm³/mol. The minimum atomic E-state index is 0.869. The van der Waals surface area contributed by atoms with Crippen molar-refractivity contribution in [2.75, 3.05) is 4.90 Å². The normalized spacial score (nSPS) is 11.9. The first kappa shape index (κ1) is 33.3. The van der Waals surface area contributed by atoms with Gasteiger partial charge in [-0.15, -0.1) is 0 Å². The fourth-order valence-corrected chi connectivity index (χ4v) is 9.15. The number of hydrogen-bond acceptors (Lipinski definition) is 2. The highest BCUT2D eigenvalue weighted by molar-refractivity contribution is 6.14. The van der Waals surface area contributed by atoms with Crippen LogP contribution in [0.2, 0.25) is 0 Å². The van der Waals surface area contributed by atoms with E-state index in [1.165, 1.54) is 54.6 Å². The third-order valence-corrected chi connectivity index (χ3v) is 12.0. The van der Waals surface area contributed by atoms with E-state index in [-0.39, 0.29) is 0 Å². The highest BCUT2D eigenvalue weighted by Gasteiger charge is 2.24. The number of anilines is 3. The van der Waals surface area contributed by atoms with Crippen molar-refractivity contribution in [2.24, 2.45) is 0 Å². The average molecular weight is 753 g/mol. The van der Waals surface area contributed by atoms with E-state index in [4.69, 9.17) is 4.74 Å². The van der Waals surface area contributed by atoms with Crippen molar-refractivity contribution in [1.29, 1.82) is 0 Å². The van der Waals surface area contributed by atoms with E-state index in [1.807, 2.05) is 12.1 Å². The van der Waals surface area contributed by atoms with Crippen molar-refractivity contribution in [3.05, 3.63) is 218 Å². The minimum absolute atomic E-state index is 0.869. The van der Waals surface area contributed by atoms with Crippen molar-refractivity contribution in [2.45, 2.75) is 0 Å². The highest BCUT2D eigenvalue weighted by Crippen LogP contribution is 2.48. The van der Waals surface area contributed by atoms with Crippen LogP contribution in [0.1, 0.15) is 0 Å². The Hall–Kier alpha value is -7.88.